The Labute approximate surface area is 248 Å². The van der Waals surface area contributed by atoms with Crippen molar-refractivity contribution in [3.63, 3.8) is 0 Å². The first-order valence-corrected chi connectivity index (χ1v) is 14.6. The number of aromatic nitrogens is 2. The molecule has 0 aliphatic carbocycles. The summed E-state index contributed by atoms with van der Waals surface area (Å²) in [7, 11) is 0. The molecule has 0 saturated carbocycles. The van der Waals surface area contributed by atoms with Gasteiger partial charge < -0.3 is 14.2 Å². The molecule has 4 aromatic rings. The molecule has 5 rings (SSSR count). The highest BCUT2D eigenvalue weighted by atomic mass is 16.7. The summed E-state index contributed by atoms with van der Waals surface area (Å²) < 4.78 is 18.9. The smallest absolute Gasteiger partial charge is 0.302 e. The Hall–Kier alpha value is -3.99. The second kappa shape index (κ2) is 14.3. The molecule has 0 N–H and O–H groups in total. The highest BCUT2D eigenvalue weighted by molar-refractivity contribution is 5.88. The van der Waals surface area contributed by atoms with Gasteiger partial charge in [-0.1, -0.05) is 55.8 Å². The van der Waals surface area contributed by atoms with E-state index < -0.39 is 6.29 Å². The summed E-state index contributed by atoms with van der Waals surface area (Å²) in [5.74, 6) is -0.326. The number of nitriles is 1. The number of aryl methyl sites for hydroxylation is 1. The molecule has 0 amide bonds. The van der Waals surface area contributed by atoms with Crippen LogP contribution < -0.4 is 0 Å². The largest absolute Gasteiger partial charge is 0.463 e. The van der Waals surface area contributed by atoms with Crippen LogP contribution in [-0.4, -0.2) is 41.2 Å². The summed E-state index contributed by atoms with van der Waals surface area (Å²) in [5, 5.41) is 14.8. The summed E-state index contributed by atoms with van der Waals surface area (Å²) in [6, 6.07) is 24.8. The first kappa shape index (κ1) is 29.5. The van der Waals surface area contributed by atoms with Crippen LogP contribution in [-0.2, 0) is 31.8 Å². The van der Waals surface area contributed by atoms with E-state index in [4.69, 9.17) is 19.3 Å². The second-order valence-corrected chi connectivity index (χ2v) is 10.3. The van der Waals surface area contributed by atoms with Crippen molar-refractivity contribution in [3.8, 4) is 28.5 Å². The van der Waals surface area contributed by atoms with Crippen LogP contribution in [0, 0.1) is 30.6 Å². The van der Waals surface area contributed by atoms with E-state index in [1.54, 1.807) is 0 Å². The van der Waals surface area contributed by atoms with E-state index in [1.807, 2.05) is 55.7 Å². The highest BCUT2D eigenvalue weighted by Gasteiger charge is 2.24. The maximum atomic E-state index is 11.1. The molecule has 2 atom stereocenters. The Bertz CT molecular complexity index is 1540. The average Bonchev–Trinajstić information content (AvgIpc) is 3.44. The van der Waals surface area contributed by atoms with Crippen molar-refractivity contribution < 1.29 is 19.0 Å². The monoisotopic (exact) mass is 562 g/mol. The number of carbonyl (C=O) groups is 1. The van der Waals surface area contributed by atoms with Crippen molar-refractivity contribution in [1.82, 2.24) is 9.61 Å². The molecular formula is C35H36N3O4. The van der Waals surface area contributed by atoms with Gasteiger partial charge in [0.1, 0.15) is 6.61 Å². The van der Waals surface area contributed by atoms with Crippen LogP contribution in [0.3, 0.4) is 0 Å². The van der Waals surface area contributed by atoms with E-state index in [1.165, 1.54) is 12.5 Å². The van der Waals surface area contributed by atoms with Gasteiger partial charge in [-0.25, -0.2) is 4.52 Å². The van der Waals surface area contributed by atoms with Gasteiger partial charge >= 0.3 is 5.97 Å². The molecule has 3 heterocycles. The highest BCUT2D eigenvalue weighted by Crippen LogP contribution is 2.37. The summed E-state index contributed by atoms with van der Waals surface area (Å²) in [6.45, 7) is 4.28. The fourth-order valence-electron chi connectivity index (χ4n) is 5.33. The van der Waals surface area contributed by atoms with Crippen molar-refractivity contribution in [2.75, 3.05) is 13.2 Å². The van der Waals surface area contributed by atoms with Gasteiger partial charge in [-0.2, -0.15) is 10.4 Å². The molecule has 7 nitrogen and oxygen atoms in total. The lowest BCUT2D eigenvalue weighted by atomic mass is 9.91. The minimum atomic E-state index is -0.451. The number of rotatable bonds is 12. The lowest BCUT2D eigenvalue weighted by molar-refractivity contribution is -0.170. The number of hydrogen-bond acceptors (Lipinski definition) is 6. The quantitative estimate of drug-likeness (QED) is 0.141. The normalized spacial score (nSPS) is 16.8. The third-order valence-electron chi connectivity index (χ3n) is 7.37. The molecule has 3 radical (unpaired) electrons. The van der Waals surface area contributed by atoms with Gasteiger partial charge in [0.25, 0.3) is 0 Å². The second-order valence-electron chi connectivity index (χ2n) is 10.3. The predicted octanol–water partition coefficient (Wildman–Crippen LogP) is 6.73. The topological polar surface area (TPSA) is 85.8 Å². The van der Waals surface area contributed by atoms with Crippen LogP contribution in [0.5, 0.6) is 0 Å². The minimum Gasteiger partial charge on any atom is -0.463 e. The molecule has 7 heteroatoms. The molecule has 215 valence electrons. The van der Waals surface area contributed by atoms with Crippen molar-refractivity contribution in [3.05, 3.63) is 103 Å². The molecule has 1 fully saturated rings. The molecule has 42 heavy (non-hydrogen) atoms. The Morgan fingerprint density at radius 1 is 1.02 bits per heavy atom. The first-order chi connectivity index (χ1) is 20.6. The zero-order valence-electron chi connectivity index (χ0n) is 24.2. The zero-order valence-corrected chi connectivity index (χ0v) is 24.2. The molecule has 1 aliphatic rings. The van der Waals surface area contributed by atoms with Gasteiger partial charge in [0.2, 0.25) is 0 Å². The molecule has 1 aliphatic heterocycles. The van der Waals surface area contributed by atoms with E-state index in [9.17, 15) is 10.1 Å². The van der Waals surface area contributed by atoms with Gasteiger partial charge in [-0.05, 0) is 73.9 Å². The molecule has 1 saturated heterocycles. The van der Waals surface area contributed by atoms with Crippen LogP contribution in [0.2, 0.25) is 0 Å². The summed E-state index contributed by atoms with van der Waals surface area (Å²) >= 11 is 0. The Morgan fingerprint density at radius 3 is 2.64 bits per heavy atom. The Kier molecular flexibility index (Phi) is 10.0. The van der Waals surface area contributed by atoms with Crippen molar-refractivity contribution >= 4 is 11.5 Å². The fraction of sp³-hybridized carbons (Fsp3) is 0.314. The molecule has 0 bridgehead atoms. The molecule has 0 spiro atoms. The molecule has 2 aromatic heterocycles. The van der Waals surface area contributed by atoms with Gasteiger partial charge in [0, 0.05) is 36.8 Å². The summed E-state index contributed by atoms with van der Waals surface area (Å²) in [5.41, 5.74) is 8.24. The fourth-order valence-corrected chi connectivity index (χ4v) is 5.33. The third-order valence-corrected chi connectivity index (χ3v) is 7.37. The minimum absolute atomic E-state index is 0.183. The van der Waals surface area contributed by atoms with Crippen LogP contribution >= 0.6 is 0 Å². The van der Waals surface area contributed by atoms with Crippen molar-refractivity contribution in [2.24, 2.45) is 0 Å². The Balaban J connectivity index is 1.34. The van der Waals surface area contributed by atoms with Gasteiger partial charge in [0.15, 0.2) is 6.29 Å². The lowest BCUT2D eigenvalue weighted by Gasteiger charge is -2.28. The van der Waals surface area contributed by atoms with Crippen LogP contribution in [0.15, 0.2) is 66.7 Å². The number of nitrogens with zero attached hydrogens (tertiary/aromatic N) is 3. The first-order valence-electron chi connectivity index (χ1n) is 14.6. The van der Waals surface area contributed by atoms with Crippen molar-refractivity contribution in [1.29, 1.82) is 5.26 Å². The van der Waals surface area contributed by atoms with E-state index >= 15 is 0 Å². The number of fused-ring (bicyclic) bond motifs is 1. The van der Waals surface area contributed by atoms with E-state index in [-0.39, 0.29) is 18.7 Å². The average molecular weight is 563 g/mol. The van der Waals surface area contributed by atoms with Gasteiger partial charge in [-0.3, -0.25) is 4.79 Å². The third kappa shape index (κ3) is 7.07. The number of ether oxygens (including phenoxy) is 3. The van der Waals surface area contributed by atoms with Crippen molar-refractivity contribution in [2.45, 2.75) is 58.3 Å². The lowest BCUT2D eigenvalue weighted by Crippen LogP contribution is -2.34. The van der Waals surface area contributed by atoms with E-state index in [2.05, 4.69) is 47.8 Å². The zero-order chi connectivity index (χ0) is 29.3. The molecular weight excluding hydrogens is 526 g/mol. The molecule has 0 unspecified atom stereocenters. The van der Waals surface area contributed by atoms with Gasteiger partial charge in [0.05, 0.1) is 28.9 Å². The predicted molar refractivity (Wildman–Crippen MR) is 162 cm³/mol. The SMILES string of the molecule is CCc1ccc2c(-c3cccc(C#N)c3)c(CCCCCO[C@H]3[CH][CH][CH][C@H](COC(C)=O)O3)c(-c3ccccc3)nn12. The number of carbonyl (C=O) groups excluding carboxylic acids is 1. The summed E-state index contributed by atoms with van der Waals surface area (Å²) in [6.07, 6.45) is 9.38. The summed E-state index contributed by atoms with van der Waals surface area (Å²) in [4.78, 5) is 11.1. The van der Waals surface area contributed by atoms with E-state index in [0.29, 0.717) is 12.2 Å². The van der Waals surface area contributed by atoms with Crippen LogP contribution in [0.1, 0.15) is 49.9 Å². The maximum absolute atomic E-state index is 11.1. The number of hydrogen-bond donors (Lipinski definition) is 0. The number of benzene rings is 2. The van der Waals surface area contributed by atoms with Crippen LogP contribution in [0.4, 0.5) is 0 Å². The number of unbranched alkanes of at least 4 members (excludes halogenated alkanes) is 2. The Morgan fingerprint density at radius 2 is 1.86 bits per heavy atom. The van der Waals surface area contributed by atoms with Gasteiger partial charge in [-0.15, -0.1) is 0 Å². The number of esters is 1. The molecule has 2 aromatic carbocycles. The van der Waals surface area contributed by atoms with Crippen LogP contribution in [0.25, 0.3) is 27.9 Å². The maximum Gasteiger partial charge on any atom is 0.302 e. The van der Waals surface area contributed by atoms with E-state index in [0.717, 1.165) is 65.7 Å². The standard InChI is InChI=1S/C35H36N3O4/c1-3-29-19-20-32-34(28-15-10-12-26(22-28)23-36)31(35(37-38(29)32)27-13-6-4-7-14-27)17-8-5-9-21-40-33-18-11-16-30(42-33)24-41-25(2)39/h4,6-7,10-16,18-20,22,30,33H,3,5,8-9,17,21,24H2,1-2H3/t30-,33-/m1/s1.